The van der Waals surface area contributed by atoms with Crippen molar-refractivity contribution in [3.63, 3.8) is 0 Å². The van der Waals surface area contributed by atoms with Crippen LogP contribution in [0.1, 0.15) is 61.8 Å². The average molecular weight is 393 g/mol. The first-order valence-corrected chi connectivity index (χ1v) is 10.3. The molecule has 0 heterocycles. The van der Waals surface area contributed by atoms with Crippen LogP contribution in [0.2, 0.25) is 0 Å². The van der Waals surface area contributed by atoms with Crippen LogP contribution in [0.25, 0.3) is 0 Å². The lowest BCUT2D eigenvalue weighted by atomic mass is 10.3. The number of hydrogen-bond donors (Lipinski definition) is 1. The van der Waals surface area contributed by atoms with E-state index in [2.05, 4.69) is 55.4 Å². The molecule has 0 rings (SSSR count). The van der Waals surface area contributed by atoms with Crippen LogP contribution in [-0.2, 0) is 9.59 Å². The maximum absolute atomic E-state index is 9.58. The number of carboxylic acids is 2. The van der Waals surface area contributed by atoms with Gasteiger partial charge in [-0.05, 0) is 55.4 Å². The molecule has 1 N–H and O–H groups in total. The lowest BCUT2D eigenvalue weighted by Crippen LogP contribution is -2.47. The first kappa shape index (κ1) is 30.5. The first-order chi connectivity index (χ1) is 12.5. The minimum Gasteiger partial charge on any atom is -0.550 e. The van der Waals surface area contributed by atoms with E-state index >= 15 is 0 Å². The summed E-state index contributed by atoms with van der Waals surface area (Å²) in [6.07, 6.45) is -2.89. The first-order valence-electron chi connectivity index (χ1n) is 10.3. The van der Waals surface area contributed by atoms with Gasteiger partial charge in [0, 0.05) is 12.4 Å². The third-order valence-electron chi connectivity index (χ3n) is 6.00. The maximum Gasteiger partial charge on any atom is 0.0985 e. The predicted octanol–water partition coefficient (Wildman–Crippen LogP) is 0.00280. The number of rotatable bonds is 11. The Balaban J connectivity index is -0.000000320. The van der Waals surface area contributed by atoms with Gasteiger partial charge in [0.25, 0.3) is 0 Å². The topological polar surface area (TPSA) is 100 Å². The van der Waals surface area contributed by atoms with E-state index < -0.39 is 24.5 Å². The number of quaternary nitrogens is 2. The number of carbonyl (C=O) groups is 2. The minimum atomic E-state index is -1.96. The van der Waals surface area contributed by atoms with Crippen molar-refractivity contribution in [3.05, 3.63) is 0 Å². The van der Waals surface area contributed by atoms with E-state index in [4.69, 9.17) is 5.11 Å². The molecule has 0 radical (unpaired) electrons. The molecule has 0 aliphatic rings. The molecule has 0 aromatic carbocycles. The van der Waals surface area contributed by atoms with E-state index in [1.807, 2.05) is 0 Å². The quantitative estimate of drug-likeness (QED) is 0.499. The van der Waals surface area contributed by atoms with Crippen LogP contribution < -0.4 is 10.2 Å². The van der Waals surface area contributed by atoms with Gasteiger partial charge >= 0.3 is 0 Å². The summed E-state index contributed by atoms with van der Waals surface area (Å²) in [5.74, 6) is -3.43. The third-order valence-corrected chi connectivity index (χ3v) is 6.00. The Kier molecular flexibility index (Phi) is 19.2. The van der Waals surface area contributed by atoms with Crippen LogP contribution in [0.4, 0.5) is 0 Å². The maximum atomic E-state index is 9.58. The Morgan fingerprint density at radius 2 is 0.889 bits per heavy atom. The summed E-state index contributed by atoms with van der Waals surface area (Å²) in [6, 6.07) is 0. The molecule has 1 unspecified atom stereocenters. The normalized spacial score (nSPS) is 12.2. The molecule has 0 spiro atoms. The van der Waals surface area contributed by atoms with Crippen molar-refractivity contribution in [2.75, 3.05) is 52.4 Å². The summed E-state index contributed by atoms with van der Waals surface area (Å²) in [5.41, 5.74) is 0. The van der Waals surface area contributed by atoms with Crippen LogP contribution in [-0.4, -0.2) is 84.5 Å². The molecule has 7 heteroatoms. The van der Waals surface area contributed by atoms with E-state index in [0.717, 1.165) is 0 Å². The monoisotopic (exact) mass is 392 g/mol. The summed E-state index contributed by atoms with van der Waals surface area (Å²) < 4.78 is 2.56. The van der Waals surface area contributed by atoms with Crippen LogP contribution in [0.5, 0.6) is 0 Å². The van der Waals surface area contributed by atoms with Crippen molar-refractivity contribution < 1.29 is 33.9 Å². The lowest BCUT2D eigenvalue weighted by Gasteiger charge is -2.34. The summed E-state index contributed by atoms with van der Waals surface area (Å²) in [7, 11) is 0. The molecule has 0 saturated heterocycles. The zero-order chi connectivity index (χ0) is 22.1. The van der Waals surface area contributed by atoms with E-state index in [-0.39, 0.29) is 0 Å². The van der Waals surface area contributed by atoms with Crippen molar-refractivity contribution >= 4 is 11.9 Å². The van der Waals surface area contributed by atoms with Gasteiger partial charge in [0.2, 0.25) is 0 Å². The molecule has 7 nitrogen and oxygen atoms in total. The minimum absolute atomic E-state index is 0.928. The van der Waals surface area contributed by atoms with Crippen molar-refractivity contribution in [3.8, 4) is 0 Å². The molecule has 1 atom stereocenters. The van der Waals surface area contributed by atoms with Crippen molar-refractivity contribution in [1.29, 1.82) is 0 Å². The number of aliphatic hydroxyl groups is 1. The number of nitrogens with zero attached hydrogens (tertiary/aromatic N) is 2. The highest BCUT2D eigenvalue weighted by molar-refractivity contribution is 5.76. The molecule has 0 aliphatic carbocycles. The molecular formula is C20H44N2O5. The van der Waals surface area contributed by atoms with E-state index in [0.29, 0.717) is 0 Å². The molecule has 0 bridgehead atoms. The largest absolute Gasteiger partial charge is 0.550 e. The number of aliphatic carboxylic acids is 2. The molecule has 0 aromatic rings. The van der Waals surface area contributed by atoms with Gasteiger partial charge in [-0.15, -0.1) is 0 Å². The molecule has 164 valence electrons. The molecule has 27 heavy (non-hydrogen) atoms. The third kappa shape index (κ3) is 13.6. The highest BCUT2D eigenvalue weighted by Crippen LogP contribution is 2.04. The predicted molar refractivity (Wildman–Crippen MR) is 105 cm³/mol. The molecule has 0 amide bonds. The Hall–Kier alpha value is -1.18. The summed E-state index contributed by atoms with van der Waals surface area (Å²) >= 11 is 0. The second-order valence-corrected chi connectivity index (χ2v) is 6.62. The molecule has 0 fully saturated rings. The second-order valence-electron chi connectivity index (χ2n) is 6.62. The number of hydrogen-bond acceptors (Lipinski definition) is 5. The number of carboxylic acid groups (broad SMARTS) is 2. The Morgan fingerprint density at radius 3 is 0.926 bits per heavy atom. The molecular weight excluding hydrogens is 348 g/mol. The standard InChI is InChI=1S/2C8H20N.C4H6O5/c2*1-5-9(6-2,7-3)8-4;5-2(4(8)9)1-3(6)7/h2*5-8H2,1-4H3;2,5H,1H2,(H,6,7)(H,8,9)/q2*+1;/p-2. The molecule has 0 saturated carbocycles. The van der Waals surface area contributed by atoms with Crippen LogP contribution in [0, 0.1) is 0 Å². The van der Waals surface area contributed by atoms with Gasteiger partial charge in [0.15, 0.2) is 0 Å². The highest BCUT2D eigenvalue weighted by atomic mass is 16.4. The van der Waals surface area contributed by atoms with Gasteiger partial charge in [0.1, 0.15) is 0 Å². The van der Waals surface area contributed by atoms with Gasteiger partial charge in [-0.2, -0.15) is 0 Å². The Bertz CT molecular complexity index is 326. The highest BCUT2D eigenvalue weighted by Gasteiger charge is 2.16. The van der Waals surface area contributed by atoms with Crippen molar-refractivity contribution in [2.45, 2.75) is 67.9 Å². The fraction of sp³-hybridized carbons (Fsp3) is 0.900. The van der Waals surface area contributed by atoms with Crippen molar-refractivity contribution in [1.82, 2.24) is 0 Å². The summed E-state index contributed by atoms with van der Waals surface area (Å²) in [4.78, 5) is 19.1. The van der Waals surface area contributed by atoms with Crippen molar-refractivity contribution in [2.24, 2.45) is 0 Å². The number of carbonyl (C=O) groups excluding carboxylic acids is 2. The molecule has 0 aliphatic heterocycles. The SMILES string of the molecule is CC[N+](CC)(CC)CC.CC[N+](CC)(CC)CC.O=C([O-])CC(O)C(=O)[O-]. The lowest BCUT2D eigenvalue weighted by molar-refractivity contribution is -0.921. The second kappa shape index (κ2) is 17.0. The van der Waals surface area contributed by atoms with Crippen LogP contribution in [0.3, 0.4) is 0 Å². The Morgan fingerprint density at radius 1 is 0.667 bits per heavy atom. The summed E-state index contributed by atoms with van der Waals surface area (Å²) in [6.45, 7) is 28.4. The van der Waals surface area contributed by atoms with Gasteiger partial charge in [-0.25, -0.2) is 0 Å². The van der Waals surface area contributed by atoms with Gasteiger partial charge in [0.05, 0.1) is 64.4 Å². The Labute approximate surface area is 166 Å². The fourth-order valence-electron chi connectivity index (χ4n) is 2.92. The van der Waals surface area contributed by atoms with Gasteiger partial charge in [-0.3, -0.25) is 0 Å². The fourth-order valence-corrected chi connectivity index (χ4v) is 2.92. The van der Waals surface area contributed by atoms with E-state index in [1.165, 1.54) is 61.3 Å². The average Bonchev–Trinajstić information content (AvgIpc) is 2.67. The van der Waals surface area contributed by atoms with E-state index in [9.17, 15) is 19.8 Å². The van der Waals surface area contributed by atoms with E-state index in [1.54, 1.807) is 0 Å². The van der Waals surface area contributed by atoms with Crippen LogP contribution in [0.15, 0.2) is 0 Å². The van der Waals surface area contributed by atoms with Gasteiger partial charge in [-0.1, -0.05) is 0 Å². The summed E-state index contributed by atoms with van der Waals surface area (Å²) in [5, 5.41) is 27.3. The zero-order valence-corrected chi connectivity index (χ0v) is 18.9. The molecule has 0 aromatic heterocycles. The van der Waals surface area contributed by atoms with Crippen LogP contribution >= 0.6 is 0 Å². The van der Waals surface area contributed by atoms with Gasteiger partial charge < -0.3 is 33.9 Å². The smallest absolute Gasteiger partial charge is 0.0985 e. The number of aliphatic hydroxyl groups excluding tert-OH is 1. The zero-order valence-electron chi connectivity index (χ0n) is 18.9.